The van der Waals surface area contributed by atoms with Crippen molar-refractivity contribution < 1.29 is 13.9 Å². The van der Waals surface area contributed by atoms with E-state index in [2.05, 4.69) is 22.6 Å². The van der Waals surface area contributed by atoms with Crippen LogP contribution in [0.15, 0.2) is 24.3 Å². The largest absolute Gasteiger partial charge is 0.381 e. The number of nitrogens with one attached hydrogen (secondary N) is 2. The van der Waals surface area contributed by atoms with Gasteiger partial charge < -0.3 is 20.3 Å². The third-order valence-electron chi connectivity index (χ3n) is 5.45. The lowest BCUT2D eigenvalue weighted by atomic mass is 9.74. The lowest BCUT2D eigenvalue weighted by molar-refractivity contribution is 0.0506. The van der Waals surface area contributed by atoms with E-state index in [9.17, 15) is 9.18 Å². The van der Waals surface area contributed by atoms with Gasteiger partial charge in [-0.1, -0.05) is 12.1 Å². The lowest BCUT2D eigenvalue weighted by Gasteiger charge is -2.38. The topological polar surface area (TPSA) is 53.6 Å². The highest BCUT2D eigenvalue weighted by Crippen LogP contribution is 2.34. The molecule has 2 aliphatic heterocycles. The predicted octanol–water partition coefficient (Wildman–Crippen LogP) is 2.27. The first-order valence-corrected chi connectivity index (χ1v) is 9.14. The molecule has 0 saturated carbocycles. The normalized spacial score (nSPS) is 23.8. The number of carbonyl (C=O) groups excluding carboxylic acids is 1. The number of piperidine rings is 1. The highest BCUT2D eigenvalue weighted by Gasteiger charge is 2.35. The predicted molar refractivity (Wildman–Crippen MR) is 95.2 cm³/mol. The zero-order chi connectivity index (χ0) is 17.7. The molecule has 1 atom stereocenters. The van der Waals surface area contributed by atoms with Gasteiger partial charge >= 0.3 is 6.03 Å². The average molecular weight is 349 g/mol. The summed E-state index contributed by atoms with van der Waals surface area (Å²) < 4.78 is 18.8. The lowest BCUT2D eigenvalue weighted by Crippen LogP contribution is -2.52. The van der Waals surface area contributed by atoms with Crippen LogP contribution in [0.4, 0.5) is 9.18 Å². The fraction of sp³-hybridized carbons (Fsp3) is 0.632. The Morgan fingerprint density at radius 3 is 2.72 bits per heavy atom. The summed E-state index contributed by atoms with van der Waals surface area (Å²) in [5.74, 6) is -0.238. The Hall–Kier alpha value is -1.66. The number of urea groups is 1. The molecule has 0 bridgehead atoms. The minimum Gasteiger partial charge on any atom is -0.381 e. The number of likely N-dealkylation sites (tertiary alicyclic amines) is 1. The maximum Gasteiger partial charge on any atom is 0.315 e. The highest BCUT2D eigenvalue weighted by molar-refractivity contribution is 5.74. The summed E-state index contributed by atoms with van der Waals surface area (Å²) in [5.41, 5.74) is 0.877. The van der Waals surface area contributed by atoms with Crippen molar-refractivity contribution in [2.75, 3.05) is 39.9 Å². The number of amides is 2. The molecule has 3 rings (SSSR count). The number of rotatable bonds is 4. The van der Waals surface area contributed by atoms with Crippen LogP contribution >= 0.6 is 0 Å². The van der Waals surface area contributed by atoms with Crippen LogP contribution in [0.25, 0.3) is 0 Å². The molecule has 2 fully saturated rings. The number of hydrogen-bond acceptors (Lipinski definition) is 3. The zero-order valence-electron chi connectivity index (χ0n) is 14.9. The Morgan fingerprint density at radius 2 is 2.04 bits per heavy atom. The quantitative estimate of drug-likeness (QED) is 0.877. The van der Waals surface area contributed by atoms with E-state index in [0.29, 0.717) is 19.8 Å². The molecule has 5 nitrogen and oxygen atoms in total. The fourth-order valence-corrected chi connectivity index (χ4v) is 3.90. The summed E-state index contributed by atoms with van der Waals surface area (Å²) in [6, 6.07) is 6.73. The van der Waals surface area contributed by atoms with Crippen LogP contribution in [0, 0.1) is 5.82 Å². The summed E-state index contributed by atoms with van der Waals surface area (Å²) in [7, 11) is 2.08. The number of nitrogens with zero attached hydrogens (tertiary/aromatic N) is 1. The number of benzene rings is 1. The fourth-order valence-electron chi connectivity index (χ4n) is 3.90. The van der Waals surface area contributed by atoms with Crippen LogP contribution in [-0.2, 0) is 10.2 Å². The molecular formula is C19H28FN3O2. The van der Waals surface area contributed by atoms with Crippen LogP contribution in [0.2, 0.25) is 0 Å². The second-order valence-electron chi connectivity index (χ2n) is 7.33. The van der Waals surface area contributed by atoms with Crippen molar-refractivity contribution in [3.8, 4) is 0 Å². The molecule has 138 valence electrons. The van der Waals surface area contributed by atoms with E-state index >= 15 is 0 Å². The van der Waals surface area contributed by atoms with Crippen LogP contribution in [0.1, 0.15) is 31.2 Å². The Morgan fingerprint density at radius 1 is 1.32 bits per heavy atom. The molecule has 0 aliphatic carbocycles. The molecule has 6 heteroatoms. The molecule has 1 aromatic carbocycles. The van der Waals surface area contributed by atoms with Gasteiger partial charge in [0.25, 0.3) is 0 Å². The van der Waals surface area contributed by atoms with Gasteiger partial charge in [0.05, 0.1) is 0 Å². The van der Waals surface area contributed by atoms with E-state index in [-0.39, 0.29) is 23.3 Å². The summed E-state index contributed by atoms with van der Waals surface area (Å²) in [6.45, 7) is 3.84. The Kier molecular flexibility index (Phi) is 5.91. The maximum absolute atomic E-state index is 13.3. The molecule has 2 amide bonds. The molecule has 2 heterocycles. The molecule has 0 aromatic heterocycles. The minimum atomic E-state index is -0.238. The zero-order valence-corrected chi connectivity index (χ0v) is 14.9. The second kappa shape index (κ2) is 8.15. The van der Waals surface area contributed by atoms with Crippen LogP contribution in [0.3, 0.4) is 0 Å². The van der Waals surface area contributed by atoms with Crippen LogP contribution in [-0.4, -0.2) is 56.9 Å². The van der Waals surface area contributed by atoms with E-state index in [1.807, 2.05) is 12.1 Å². The summed E-state index contributed by atoms with van der Waals surface area (Å²) in [5, 5.41) is 6.13. The van der Waals surface area contributed by atoms with Gasteiger partial charge in [-0.2, -0.15) is 0 Å². The van der Waals surface area contributed by atoms with Crippen LogP contribution in [0.5, 0.6) is 0 Å². The van der Waals surface area contributed by atoms with Gasteiger partial charge in [0.15, 0.2) is 0 Å². The average Bonchev–Trinajstić information content (AvgIpc) is 2.61. The van der Waals surface area contributed by atoms with Crippen molar-refractivity contribution in [2.24, 2.45) is 0 Å². The number of carbonyl (C=O) groups is 1. The standard InChI is InChI=1S/C19H28FN3O2/c1-23-10-2-3-17(13-23)22-18(24)21-14-19(8-11-25-12-9-19)15-4-6-16(20)7-5-15/h4-7,17H,2-3,8-14H2,1H3,(H2,21,22,24). The number of halogens is 1. The molecule has 1 unspecified atom stereocenters. The van der Waals surface area contributed by atoms with Crippen molar-refractivity contribution >= 4 is 6.03 Å². The first-order chi connectivity index (χ1) is 12.1. The Bertz CT molecular complexity index is 573. The first kappa shape index (κ1) is 18.1. The first-order valence-electron chi connectivity index (χ1n) is 9.14. The van der Waals surface area contributed by atoms with Crippen molar-refractivity contribution in [3.05, 3.63) is 35.6 Å². The van der Waals surface area contributed by atoms with Gasteiger partial charge in [0.1, 0.15) is 5.82 Å². The molecule has 0 spiro atoms. The van der Waals surface area contributed by atoms with Crippen molar-refractivity contribution in [1.82, 2.24) is 15.5 Å². The Balaban J connectivity index is 1.60. The van der Waals surface area contributed by atoms with Gasteiger partial charge in [0, 0.05) is 37.8 Å². The number of ether oxygens (including phenoxy) is 1. The molecule has 0 radical (unpaired) electrons. The molecule has 25 heavy (non-hydrogen) atoms. The second-order valence-corrected chi connectivity index (χ2v) is 7.33. The van der Waals surface area contributed by atoms with Crippen molar-refractivity contribution in [1.29, 1.82) is 0 Å². The van der Waals surface area contributed by atoms with Crippen molar-refractivity contribution in [3.63, 3.8) is 0 Å². The van der Waals surface area contributed by atoms with Gasteiger partial charge in [0.2, 0.25) is 0 Å². The monoisotopic (exact) mass is 349 g/mol. The number of hydrogen-bond donors (Lipinski definition) is 2. The number of likely N-dealkylation sites (N-methyl/N-ethyl adjacent to an activating group) is 1. The Labute approximate surface area is 148 Å². The van der Waals surface area contributed by atoms with E-state index in [1.54, 1.807) is 0 Å². The third kappa shape index (κ3) is 4.70. The van der Waals surface area contributed by atoms with E-state index in [0.717, 1.165) is 44.3 Å². The third-order valence-corrected chi connectivity index (χ3v) is 5.45. The summed E-state index contributed by atoms with van der Waals surface area (Å²) in [6.07, 6.45) is 3.78. The van der Waals surface area contributed by atoms with E-state index in [4.69, 9.17) is 4.74 Å². The SMILES string of the molecule is CN1CCCC(NC(=O)NCC2(c3ccc(F)cc3)CCOCC2)C1. The van der Waals surface area contributed by atoms with Gasteiger partial charge in [-0.3, -0.25) is 0 Å². The smallest absolute Gasteiger partial charge is 0.315 e. The van der Waals surface area contributed by atoms with Crippen molar-refractivity contribution in [2.45, 2.75) is 37.1 Å². The molecule has 2 aliphatic rings. The molecule has 1 aromatic rings. The molecule has 2 N–H and O–H groups in total. The highest BCUT2D eigenvalue weighted by atomic mass is 19.1. The van der Waals surface area contributed by atoms with E-state index < -0.39 is 0 Å². The summed E-state index contributed by atoms with van der Waals surface area (Å²) >= 11 is 0. The minimum absolute atomic E-state index is 0.117. The van der Waals surface area contributed by atoms with Gasteiger partial charge in [-0.25, -0.2) is 9.18 Å². The molecular weight excluding hydrogens is 321 g/mol. The van der Waals surface area contributed by atoms with E-state index in [1.165, 1.54) is 12.1 Å². The molecule has 2 saturated heterocycles. The van der Waals surface area contributed by atoms with Gasteiger partial charge in [-0.05, 0) is 57.0 Å². The maximum atomic E-state index is 13.3. The van der Waals surface area contributed by atoms with Crippen LogP contribution < -0.4 is 10.6 Å². The summed E-state index contributed by atoms with van der Waals surface area (Å²) in [4.78, 5) is 14.6. The van der Waals surface area contributed by atoms with Gasteiger partial charge in [-0.15, -0.1) is 0 Å².